The van der Waals surface area contributed by atoms with Crippen molar-refractivity contribution in [3.8, 4) is 0 Å². The first-order valence-corrected chi connectivity index (χ1v) is 12.1. The van der Waals surface area contributed by atoms with Crippen LogP contribution in [0.25, 0.3) is 11.1 Å². The molecular formula is C25H29ClN4O4. The Morgan fingerprint density at radius 2 is 2.09 bits per heavy atom. The summed E-state index contributed by atoms with van der Waals surface area (Å²) in [4.78, 5) is 31.5. The Morgan fingerprint density at radius 1 is 1.29 bits per heavy atom. The highest BCUT2D eigenvalue weighted by Gasteiger charge is 2.33. The second-order valence-corrected chi connectivity index (χ2v) is 9.54. The molecule has 0 radical (unpaired) electrons. The van der Waals surface area contributed by atoms with Gasteiger partial charge in [-0.3, -0.25) is 14.5 Å². The van der Waals surface area contributed by atoms with Crippen LogP contribution in [-0.2, 0) is 16.0 Å². The van der Waals surface area contributed by atoms with Crippen LogP contribution in [0.4, 0.5) is 5.69 Å². The Labute approximate surface area is 203 Å². The summed E-state index contributed by atoms with van der Waals surface area (Å²) in [7, 11) is 0. The number of rotatable bonds is 5. The molecule has 1 unspecified atom stereocenters. The van der Waals surface area contributed by atoms with Crippen LogP contribution in [0, 0.1) is 6.92 Å². The summed E-state index contributed by atoms with van der Waals surface area (Å²) in [5.74, 6) is -0.352. The van der Waals surface area contributed by atoms with Gasteiger partial charge in [0.15, 0.2) is 0 Å². The van der Waals surface area contributed by atoms with Crippen molar-refractivity contribution in [2.24, 2.45) is 0 Å². The molecule has 2 aliphatic heterocycles. The van der Waals surface area contributed by atoms with Gasteiger partial charge in [-0.25, -0.2) is 0 Å². The number of carbonyl (C=O) groups is 2. The molecular weight excluding hydrogens is 456 g/mol. The molecule has 2 aromatic rings. The highest BCUT2D eigenvalue weighted by Crippen LogP contribution is 2.43. The maximum Gasteiger partial charge on any atom is 0.256 e. The van der Waals surface area contributed by atoms with Crippen LogP contribution in [-0.4, -0.2) is 72.3 Å². The predicted molar refractivity (Wildman–Crippen MR) is 131 cm³/mol. The lowest BCUT2D eigenvalue weighted by atomic mass is 9.86. The number of ether oxygens (including phenoxy) is 1. The molecule has 4 N–H and O–H groups in total. The minimum Gasteiger partial charge on any atom is -0.390 e. The first-order valence-electron chi connectivity index (χ1n) is 11.7. The molecule has 3 heterocycles. The number of fused-ring (bicyclic) bond motifs is 2. The molecule has 1 aliphatic carbocycles. The molecule has 8 nitrogen and oxygen atoms in total. The number of nitrogens with zero attached hydrogens (tertiary/aromatic N) is 1. The summed E-state index contributed by atoms with van der Waals surface area (Å²) in [6.07, 6.45) is 1.70. The molecule has 9 heteroatoms. The number of hydrogen-bond acceptors (Lipinski definition) is 5. The zero-order valence-corrected chi connectivity index (χ0v) is 19.9. The summed E-state index contributed by atoms with van der Waals surface area (Å²) in [5, 5.41) is 16.8. The van der Waals surface area contributed by atoms with Crippen LogP contribution in [0.5, 0.6) is 0 Å². The van der Waals surface area contributed by atoms with Gasteiger partial charge in [0.2, 0.25) is 0 Å². The lowest BCUT2D eigenvalue weighted by molar-refractivity contribution is -0.110. The minimum absolute atomic E-state index is 0.149. The number of halogens is 1. The molecule has 5 rings (SSSR count). The van der Waals surface area contributed by atoms with Gasteiger partial charge in [-0.05, 0) is 49.5 Å². The monoisotopic (exact) mass is 484 g/mol. The zero-order valence-electron chi connectivity index (χ0n) is 19.2. The molecule has 0 bridgehead atoms. The normalized spacial score (nSPS) is 21.1. The number of aliphatic hydroxyl groups is 1. The Bertz CT molecular complexity index is 1170. The molecule has 1 fully saturated rings. The van der Waals surface area contributed by atoms with E-state index in [4.69, 9.17) is 16.3 Å². The van der Waals surface area contributed by atoms with Crippen LogP contribution in [0.15, 0.2) is 18.2 Å². The number of hydrogen-bond donors (Lipinski definition) is 4. The van der Waals surface area contributed by atoms with Crippen LogP contribution in [0.3, 0.4) is 0 Å². The van der Waals surface area contributed by atoms with Gasteiger partial charge in [-0.1, -0.05) is 17.7 Å². The average molecular weight is 485 g/mol. The van der Waals surface area contributed by atoms with E-state index < -0.39 is 6.10 Å². The predicted octanol–water partition coefficient (Wildman–Crippen LogP) is 2.60. The number of carbonyl (C=O) groups excluding carboxylic acids is 2. The van der Waals surface area contributed by atoms with Gasteiger partial charge in [-0.2, -0.15) is 0 Å². The quantitative estimate of drug-likeness (QED) is 0.488. The van der Waals surface area contributed by atoms with Crippen LogP contribution in [0.1, 0.15) is 45.7 Å². The highest BCUT2D eigenvalue weighted by atomic mass is 35.5. The van der Waals surface area contributed by atoms with Crippen LogP contribution in [0.2, 0.25) is 5.02 Å². The number of morpholine rings is 1. The average Bonchev–Trinajstić information content (AvgIpc) is 3.32. The van der Waals surface area contributed by atoms with Gasteiger partial charge in [-0.15, -0.1) is 0 Å². The van der Waals surface area contributed by atoms with Crippen molar-refractivity contribution >= 4 is 40.2 Å². The molecule has 0 spiro atoms. The molecule has 1 aromatic heterocycles. The number of aromatic amines is 1. The van der Waals surface area contributed by atoms with E-state index in [-0.39, 0.29) is 18.4 Å². The van der Waals surface area contributed by atoms with E-state index in [9.17, 15) is 14.7 Å². The van der Waals surface area contributed by atoms with Gasteiger partial charge in [0.25, 0.3) is 11.8 Å². The van der Waals surface area contributed by atoms with Crippen molar-refractivity contribution in [2.45, 2.75) is 32.3 Å². The summed E-state index contributed by atoms with van der Waals surface area (Å²) in [5.41, 5.74) is 6.28. The van der Waals surface area contributed by atoms with Crippen molar-refractivity contribution < 1.29 is 19.4 Å². The van der Waals surface area contributed by atoms with Crippen molar-refractivity contribution in [2.75, 3.05) is 44.7 Å². The number of nitrogens with one attached hydrogen (secondary N) is 3. The fraction of sp³-hybridized carbons (Fsp3) is 0.440. The number of aliphatic hydroxyl groups excluding tert-OH is 1. The molecule has 0 saturated carbocycles. The number of aromatic nitrogens is 1. The molecule has 2 amide bonds. The molecule has 180 valence electrons. The third-order valence-electron chi connectivity index (χ3n) is 6.77. The number of anilines is 1. The molecule has 3 aliphatic rings. The smallest absolute Gasteiger partial charge is 0.256 e. The summed E-state index contributed by atoms with van der Waals surface area (Å²) < 4.78 is 5.34. The number of amides is 2. The van der Waals surface area contributed by atoms with E-state index in [1.165, 1.54) is 0 Å². The summed E-state index contributed by atoms with van der Waals surface area (Å²) in [6.45, 7) is 5.47. The molecule has 1 aromatic carbocycles. The Hall–Kier alpha value is -2.65. The van der Waals surface area contributed by atoms with Gasteiger partial charge < -0.3 is 25.5 Å². The van der Waals surface area contributed by atoms with Gasteiger partial charge in [0, 0.05) is 48.2 Å². The minimum atomic E-state index is -0.652. The number of allylic oxidation sites excluding steroid dienone is 1. The molecule has 1 atom stereocenters. The topological polar surface area (TPSA) is 107 Å². The fourth-order valence-corrected chi connectivity index (χ4v) is 5.37. The van der Waals surface area contributed by atoms with Crippen molar-refractivity contribution in [1.29, 1.82) is 0 Å². The van der Waals surface area contributed by atoms with E-state index >= 15 is 0 Å². The van der Waals surface area contributed by atoms with E-state index in [0.717, 1.165) is 60.4 Å². The van der Waals surface area contributed by atoms with E-state index in [1.54, 1.807) is 12.1 Å². The Morgan fingerprint density at radius 3 is 2.88 bits per heavy atom. The van der Waals surface area contributed by atoms with Crippen molar-refractivity contribution in [3.63, 3.8) is 0 Å². The lowest BCUT2D eigenvalue weighted by Crippen LogP contribution is -2.44. The number of H-pyrrole nitrogens is 1. The van der Waals surface area contributed by atoms with Gasteiger partial charge >= 0.3 is 0 Å². The Kier molecular flexibility index (Phi) is 6.48. The third kappa shape index (κ3) is 4.38. The van der Waals surface area contributed by atoms with Gasteiger partial charge in [0.1, 0.15) is 0 Å². The van der Waals surface area contributed by atoms with Crippen molar-refractivity contribution in [1.82, 2.24) is 15.2 Å². The number of aryl methyl sites for hydroxylation is 1. The zero-order chi connectivity index (χ0) is 23.8. The fourth-order valence-electron chi connectivity index (χ4n) is 5.20. The maximum absolute atomic E-state index is 13.1. The van der Waals surface area contributed by atoms with E-state index in [1.807, 2.05) is 13.0 Å². The van der Waals surface area contributed by atoms with Crippen molar-refractivity contribution in [3.05, 3.63) is 51.3 Å². The second kappa shape index (κ2) is 9.54. The third-order valence-corrected chi connectivity index (χ3v) is 7.01. The molecule has 34 heavy (non-hydrogen) atoms. The first kappa shape index (κ1) is 23.1. The number of benzene rings is 1. The number of β-amino-alcohol motifs (C(OH)–C–C–N with tert-alkyl or cyclic N) is 1. The highest BCUT2D eigenvalue weighted by molar-refractivity contribution is 6.38. The largest absolute Gasteiger partial charge is 0.390 e. The van der Waals surface area contributed by atoms with E-state index in [0.29, 0.717) is 41.6 Å². The summed E-state index contributed by atoms with van der Waals surface area (Å²) in [6, 6.07) is 5.41. The summed E-state index contributed by atoms with van der Waals surface area (Å²) >= 11 is 6.11. The second-order valence-electron chi connectivity index (χ2n) is 9.11. The van der Waals surface area contributed by atoms with Crippen LogP contribution >= 0.6 is 11.6 Å². The lowest BCUT2D eigenvalue weighted by Gasteiger charge is -2.28. The Balaban J connectivity index is 1.38. The van der Waals surface area contributed by atoms with Gasteiger partial charge in [0.05, 0.1) is 36.1 Å². The molecule has 1 saturated heterocycles. The first-order chi connectivity index (χ1) is 16.4. The van der Waals surface area contributed by atoms with E-state index in [2.05, 4.69) is 20.5 Å². The SMILES string of the molecule is Cc1[nH]c2c(c1C(=O)NCC(O)CN1CCOCC1)CCC/C2=C1/C(=O)Nc2cc(Cl)ccc21. The maximum atomic E-state index is 13.1. The standard InChI is InChI=1S/C25H29ClN4O4/c1-14-21(24(32)27-12-16(31)13-30-7-9-34-10-8-30)18-3-2-4-19(23(18)28-14)22-17-6-5-15(26)11-20(17)29-25(22)33/h5-6,11,16,28,31H,2-4,7-10,12-13H2,1H3,(H,27,32)(H,29,33)/b22-19-. The van der Waals surface area contributed by atoms with Crippen LogP contribution < -0.4 is 10.6 Å².